The number of nitrogens with zero attached hydrogens (tertiary/aromatic N) is 2. The molecule has 0 aliphatic carbocycles. The van der Waals surface area contributed by atoms with Crippen molar-refractivity contribution >= 4 is 34.7 Å². The third-order valence-electron chi connectivity index (χ3n) is 5.47. The number of benzene rings is 1. The molecule has 5 nitrogen and oxygen atoms in total. The number of fused-ring (bicyclic) bond motifs is 1. The minimum absolute atomic E-state index is 0.0666. The number of aromatic nitrogens is 1. The van der Waals surface area contributed by atoms with Gasteiger partial charge in [-0.2, -0.15) is 0 Å². The fourth-order valence-electron chi connectivity index (χ4n) is 3.81. The maximum atomic E-state index is 13.6. The lowest BCUT2D eigenvalue weighted by molar-refractivity contribution is -0.143. The highest BCUT2D eigenvalue weighted by molar-refractivity contribution is 7.10. The van der Waals surface area contributed by atoms with Crippen LogP contribution >= 0.6 is 22.7 Å². The quantitative estimate of drug-likeness (QED) is 0.515. The van der Waals surface area contributed by atoms with Crippen molar-refractivity contribution < 1.29 is 9.53 Å². The van der Waals surface area contributed by atoms with E-state index in [4.69, 9.17) is 4.74 Å². The van der Waals surface area contributed by atoms with E-state index in [2.05, 4.69) is 37.9 Å². The van der Waals surface area contributed by atoms with E-state index in [9.17, 15) is 9.59 Å². The van der Waals surface area contributed by atoms with Gasteiger partial charge < -0.3 is 4.74 Å². The van der Waals surface area contributed by atoms with Crippen LogP contribution in [-0.4, -0.2) is 16.6 Å². The monoisotopic (exact) mass is 480 g/mol. The lowest BCUT2D eigenvalue weighted by atomic mass is 9.87. The molecule has 0 bridgehead atoms. The van der Waals surface area contributed by atoms with Crippen LogP contribution in [-0.2, 0) is 14.9 Å². The van der Waals surface area contributed by atoms with Crippen molar-refractivity contribution in [2.24, 2.45) is 4.99 Å². The van der Waals surface area contributed by atoms with Gasteiger partial charge in [0, 0.05) is 4.88 Å². The molecule has 1 aliphatic heterocycles. The van der Waals surface area contributed by atoms with Crippen molar-refractivity contribution in [3.63, 3.8) is 0 Å². The van der Waals surface area contributed by atoms with E-state index in [0.29, 0.717) is 20.6 Å². The predicted octanol–water partition coefficient (Wildman–Crippen LogP) is 4.55. The van der Waals surface area contributed by atoms with Gasteiger partial charge in [-0.1, -0.05) is 62.4 Å². The number of hydrogen-bond acceptors (Lipinski definition) is 6. The third kappa shape index (κ3) is 4.66. The summed E-state index contributed by atoms with van der Waals surface area (Å²) in [4.78, 5) is 32.7. The van der Waals surface area contributed by atoms with Gasteiger partial charge in [0.15, 0.2) is 4.80 Å². The molecule has 0 amide bonds. The van der Waals surface area contributed by atoms with Gasteiger partial charge in [0.25, 0.3) is 5.56 Å². The first kappa shape index (κ1) is 23.4. The lowest BCUT2D eigenvalue weighted by Crippen LogP contribution is -2.39. The molecule has 1 aromatic carbocycles. The molecule has 1 atom stereocenters. The van der Waals surface area contributed by atoms with Gasteiger partial charge in [-0.15, -0.1) is 11.3 Å². The second kappa shape index (κ2) is 8.88. The van der Waals surface area contributed by atoms with Crippen LogP contribution in [0.3, 0.4) is 0 Å². The zero-order valence-electron chi connectivity index (χ0n) is 19.7. The van der Waals surface area contributed by atoms with Gasteiger partial charge in [0.1, 0.15) is 6.04 Å². The van der Waals surface area contributed by atoms with Gasteiger partial charge in [0.05, 0.1) is 21.9 Å². The number of allylic oxidation sites excluding steroid dienone is 1. The Kier molecular flexibility index (Phi) is 6.29. The van der Waals surface area contributed by atoms with Crippen molar-refractivity contribution in [2.45, 2.75) is 59.1 Å². The second-order valence-corrected chi connectivity index (χ2v) is 11.4. The van der Waals surface area contributed by atoms with Crippen LogP contribution in [0.25, 0.3) is 6.08 Å². The number of carbonyl (C=O) groups is 1. The number of ether oxygens (including phenoxy) is 1. The maximum absolute atomic E-state index is 13.6. The molecule has 172 valence electrons. The number of carbonyl (C=O) groups excluding carboxylic acids is 1. The van der Waals surface area contributed by atoms with Gasteiger partial charge in [-0.25, -0.2) is 9.79 Å². The summed E-state index contributed by atoms with van der Waals surface area (Å²) >= 11 is 2.86. The summed E-state index contributed by atoms with van der Waals surface area (Å²) in [5.74, 6) is -0.434. The van der Waals surface area contributed by atoms with Gasteiger partial charge in [0.2, 0.25) is 0 Å². The van der Waals surface area contributed by atoms with Crippen LogP contribution in [0, 0.1) is 0 Å². The zero-order valence-corrected chi connectivity index (χ0v) is 21.3. The van der Waals surface area contributed by atoms with Crippen molar-refractivity contribution in [1.82, 2.24) is 4.57 Å². The van der Waals surface area contributed by atoms with Crippen LogP contribution in [0.5, 0.6) is 0 Å². The molecule has 33 heavy (non-hydrogen) atoms. The second-order valence-electron chi connectivity index (χ2n) is 9.42. The molecule has 0 saturated heterocycles. The summed E-state index contributed by atoms with van der Waals surface area (Å²) in [6.45, 7) is 12.0. The highest BCUT2D eigenvalue weighted by atomic mass is 32.1. The van der Waals surface area contributed by atoms with E-state index in [1.807, 2.05) is 49.6 Å². The van der Waals surface area contributed by atoms with Crippen molar-refractivity contribution in [1.29, 1.82) is 0 Å². The SMILES string of the molecule is CC1=C(C(=O)OC(C)C)C(c2cccs2)n2c(sc(=Cc3ccc(C(C)(C)C)cc3)c2=O)=N1. The first-order chi connectivity index (χ1) is 15.6. The minimum Gasteiger partial charge on any atom is -0.459 e. The standard InChI is InChI=1S/C26H28N2O3S2/c1-15(2)31-24(30)21-16(3)27-25-28(22(21)19-8-7-13-32-19)23(29)20(33-25)14-17-9-11-18(12-10-17)26(4,5)6/h7-15,22H,1-6H3. The third-order valence-corrected chi connectivity index (χ3v) is 7.38. The Balaban J connectivity index is 1.85. The molecule has 2 aromatic heterocycles. The van der Waals surface area contributed by atoms with Crippen LogP contribution < -0.4 is 14.9 Å². The Labute approximate surface area is 201 Å². The summed E-state index contributed by atoms with van der Waals surface area (Å²) in [6.07, 6.45) is 1.63. The number of thiazole rings is 1. The molecule has 7 heteroatoms. The zero-order chi connectivity index (χ0) is 23.9. The molecular formula is C26H28N2O3S2. The normalized spacial score (nSPS) is 16.7. The molecule has 4 rings (SSSR count). The number of esters is 1. The number of rotatable bonds is 4. The van der Waals surface area contributed by atoms with Crippen LogP contribution in [0.4, 0.5) is 0 Å². The number of hydrogen-bond donors (Lipinski definition) is 0. The largest absolute Gasteiger partial charge is 0.459 e. The average molecular weight is 481 g/mol. The summed E-state index contributed by atoms with van der Waals surface area (Å²) in [6, 6.07) is 11.6. The van der Waals surface area contributed by atoms with Crippen molar-refractivity contribution in [2.75, 3.05) is 0 Å². The molecule has 3 heterocycles. The molecule has 0 fully saturated rings. The van der Waals surface area contributed by atoms with E-state index < -0.39 is 12.0 Å². The molecule has 0 spiro atoms. The highest BCUT2D eigenvalue weighted by Crippen LogP contribution is 2.33. The molecule has 0 radical (unpaired) electrons. The maximum Gasteiger partial charge on any atom is 0.338 e. The van der Waals surface area contributed by atoms with E-state index in [1.54, 1.807) is 11.5 Å². The molecule has 1 unspecified atom stereocenters. The van der Waals surface area contributed by atoms with E-state index in [-0.39, 0.29) is 17.1 Å². The fourth-order valence-corrected chi connectivity index (χ4v) is 5.68. The molecule has 3 aromatic rings. The van der Waals surface area contributed by atoms with E-state index in [1.165, 1.54) is 28.2 Å². The highest BCUT2D eigenvalue weighted by Gasteiger charge is 2.34. The predicted molar refractivity (Wildman–Crippen MR) is 134 cm³/mol. The Hall–Kier alpha value is -2.77. The number of thiophene rings is 1. The molecule has 0 saturated carbocycles. The smallest absolute Gasteiger partial charge is 0.338 e. The Morgan fingerprint density at radius 3 is 2.45 bits per heavy atom. The first-order valence-electron chi connectivity index (χ1n) is 10.9. The Morgan fingerprint density at radius 1 is 1.18 bits per heavy atom. The summed E-state index contributed by atoms with van der Waals surface area (Å²) in [7, 11) is 0. The molecular weight excluding hydrogens is 452 g/mol. The summed E-state index contributed by atoms with van der Waals surface area (Å²) in [5, 5.41) is 1.95. The van der Waals surface area contributed by atoms with E-state index >= 15 is 0 Å². The topological polar surface area (TPSA) is 60.7 Å². The molecule has 0 N–H and O–H groups in total. The van der Waals surface area contributed by atoms with Gasteiger partial charge in [-0.3, -0.25) is 9.36 Å². The van der Waals surface area contributed by atoms with Gasteiger partial charge >= 0.3 is 5.97 Å². The molecule has 1 aliphatic rings. The fraction of sp³-hybridized carbons (Fsp3) is 0.346. The summed E-state index contributed by atoms with van der Waals surface area (Å²) < 4.78 is 7.74. The first-order valence-corrected chi connectivity index (χ1v) is 12.6. The lowest BCUT2D eigenvalue weighted by Gasteiger charge is -2.24. The van der Waals surface area contributed by atoms with Crippen LogP contribution in [0.1, 0.15) is 63.6 Å². The van der Waals surface area contributed by atoms with Crippen LogP contribution in [0.15, 0.2) is 62.8 Å². The van der Waals surface area contributed by atoms with Crippen LogP contribution in [0.2, 0.25) is 0 Å². The van der Waals surface area contributed by atoms with Crippen molar-refractivity contribution in [3.8, 4) is 0 Å². The minimum atomic E-state index is -0.544. The average Bonchev–Trinajstić information content (AvgIpc) is 3.35. The van der Waals surface area contributed by atoms with Crippen molar-refractivity contribution in [3.05, 3.63) is 88.7 Å². The Morgan fingerprint density at radius 2 is 1.88 bits per heavy atom. The van der Waals surface area contributed by atoms with Gasteiger partial charge in [-0.05, 0) is 54.8 Å². The Bertz CT molecular complexity index is 1380. The van der Waals surface area contributed by atoms with E-state index in [0.717, 1.165) is 10.4 Å². The summed E-state index contributed by atoms with van der Waals surface area (Å²) in [5.41, 5.74) is 3.11.